The molecular weight excluding hydrogens is 184 g/mol. The molecule has 15 heavy (non-hydrogen) atoms. The number of rotatable bonds is 1. The second kappa shape index (κ2) is 6.02. The van der Waals surface area contributed by atoms with Gasteiger partial charge in [-0.15, -0.1) is 0 Å². The van der Waals surface area contributed by atoms with E-state index in [9.17, 15) is 0 Å². The average Bonchev–Trinajstić information content (AvgIpc) is 2.76. The molecule has 0 amide bonds. The number of hydrogen-bond acceptors (Lipinski definition) is 1. The first-order valence-electron chi connectivity index (χ1n) is 5.19. The van der Waals surface area contributed by atoms with E-state index in [0.29, 0.717) is 5.92 Å². The third kappa shape index (κ3) is 4.45. The molecule has 1 aromatic heterocycles. The van der Waals surface area contributed by atoms with Crippen LogP contribution < -0.4 is 0 Å². The van der Waals surface area contributed by atoms with Crippen molar-refractivity contribution < 1.29 is 0 Å². The number of hydrogen-bond donors (Lipinski definition) is 1. The van der Waals surface area contributed by atoms with E-state index in [2.05, 4.69) is 55.0 Å². The van der Waals surface area contributed by atoms with Gasteiger partial charge in [0.25, 0.3) is 0 Å². The Hall–Kier alpha value is -1.57. The maximum absolute atomic E-state index is 3.67. The molecule has 0 spiro atoms. The minimum Gasteiger partial charge on any atom is -0.351 e. The molecule has 0 aliphatic rings. The maximum atomic E-state index is 3.67. The predicted molar refractivity (Wildman–Crippen MR) is 63.9 cm³/mol. The lowest BCUT2D eigenvalue weighted by Crippen LogP contribution is -1.85. The largest absolute Gasteiger partial charge is 0.351 e. The summed E-state index contributed by atoms with van der Waals surface area (Å²) in [5.74, 6) is 0.653. The Balaban J connectivity index is 0.000000187. The molecule has 2 rings (SSSR count). The zero-order valence-corrected chi connectivity index (χ0v) is 9.57. The zero-order chi connectivity index (χ0) is 11.1. The summed E-state index contributed by atoms with van der Waals surface area (Å²) >= 11 is 0. The smallest absolute Gasteiger partial charge is 0.0919 e. The number of H-pyrrole nitrogens is 1. The highest BCUT2D eigenvalue weighted by Gasteiger charge is 1.95. The lowest BCUT2D eigenvalue weighted by Gasteiger charge is -2.03. The molecule has 2 aromatic rings. The van der Waals surface area contributed by atoms with Gasteiger partial charge in [-0.2, -0.15) is 0 Å². The first-order chi connectivity index (χ1) is 7.20. The molecule has 1 N–H and O–H groups in total. The summed E-state index contributed by atoms with van der Waals surface area (Å²) in [5.41, 5.74) is 2.76. The maximum Gasteiger partial charge on any atom is 0.0919 e. The van der Waals surface area contributed by atoms with Crippen LogP contribution in [-0.4, -0.2) is 9.97 Å². The van der Waals surface area contributed by atoms with Gasteiger partial charge >= 0.3 is 0 Å². The zero-order valence-electron chi connectivity index (χ0n) is 9.57. The fraction of sp³-hybridized carbons (Fsp3) is 0.308. The van der Waals surface area contributed by atoms with E-state index in [0.717, 1.165) is 0 Å². The van der Waals surface area contributed by atoms with Gasteiger partial charge in [0.05, 0.1) is 6.33 Å². The molecule has 1 heterocycles. The monoisotopic (exact) mass is 202 g/mol. The van der Waals surface area contributed by atoms with Crippen LogP contribution in [0.1, 0.15) is 30.9 Å². The van der Waals surface area contributed by atoms with Crippen LogP contribution in [-0.2, 0) is 0 Å². The standard InChI is InChI=1S/C10H14.C3H4N2/c1-8(2)10-6-4-9(3)5-7-10;1-2-5-3-4-1/h4-8H,1-3H3;1-3H,(H,4,5). The minimum absolute atomic E-state index is 0.653. The van der Waals surface area contributed by atoms with Crippen molar-refractivity contribution >= 4 is 0 Å². The Kier molecular flexibility index (Phi) is 4.61. The SMILES string of the molecule is Cc1ccc(C(C)C)cc1.c1c[nH]cn1. The van der Waals surface area contributed by atoms with Crippen LogP contribution in [0.2, 0.25) is 0 Å². The molecule has 0 aliphatic heterocycles. The van der Waals surface area contributed by atoms with E-state index in [1.54, 1.807) is 18.7 Å². The molecule has 0 saturated heterocycles. The third-order valence-corrected chi connectivity index (χ3v) is 2.15. The summed E-state index contributed by atoms with van der Waals surface area (Å²) in [7, 11) is 0. The third-order valence-electron chi connectivity index (χ3n) is 2.15. The van der Waals surface area contributed by atoms with Gasteiger partial charge in [-0.3, -0.25) is 0 Å². The molecule has 0 aliphatic carbocycles. The summed E-state index contributed by atoms with van der Waals surface area (Å²) in [6.07, 6.45) is 5.08. The van der Waals surface area contributed by atoms with Gasteiger partial charge in [0.15, 0.2) is 0 Å². The molecule has 1 aromatic carbocycles. The van der Waals surface area contributed by atoms with Crippen LogP contribution in [0.15, 0.2) is 43.0 Å². The van der Waals surface area contributed by atoms with Crippen molar-refractivity contribution in [2.75, 3.05) is 0 Å². The first-order valence-corrected chi connectivity index (χ1v) is 5.19. The van der Waals surface area contributed by atoms with E-state index in [1.807, 2.05) is 0 Å². The summed E-state index contributed by atoms with van der Waals surface area (Å²) in [5, 5.41) is 0. The topological polar surface area (TPSA) is 28.7 Å². The lowest BCUT2D eigenvalue weighted by molar-refractivity contribution is 0.866. The normalized spacial score (nSPS) is 9.60. The molecule has 0 bridgehead atoms. The Morgan fingerprint density at radius 2 is 1.80 bits per heavy atom. The Morgan fingerprint density at radius 3 is 2.13 bits per heavy atom. The van der Waals surface area contributed by atoms with Crippen LogP contribution in [0, 0.1) is 6.92 Å². The summed E-state index contributed by atoms with van der Waals surface area (Å²) in [4.78, 5) is 6.42. The van der Waals surface area contributed by atoms with Crippen LogP contribution >= 0.6 is 0 Å². The van der Waals surface area contributed by atoms with Crippen molar-refractivity contribution in [2.24, 2.45) is 0 Å². The van der Waals surface area contributed by atoms with E-state index >= 15 is 0 Å². The number of aryl methyl sites for hydroxylation is 1. The molecule has 80 valence electrons. The number of nitrogens with zero attached hydrogens (tertiary/aromatic N) is 1. The van der Waals surface area contributed by atoms with E-state index in [4.69, 9.17) is 0 Å². The fourth-order valence-electron chi connectivity index (χ4n) is 1.17. The van der Waals surface area contributed by atoms with Gasteiger partial charge in [-0.05, 0) is 18.4 Å². The molecule has 0 fully saturated rings. The highest BCUT2D eigenvalue weighted by molar-refractivity contribution is 5.23. The Morgan fingerprint density at radius 1 is 1.13 bits per heavy atom. The first kappa shape index (κ1) is 11.5. The summed E-state index contributed by atoms with van der Waals surface area (Å²) < 4.78 is 0. The summed E-state index contributed by atoms with van der Waals surface area (Å²) in [6.45, 7) is 6.54. The fourth-order valence-corrected chi connectivity index (χ4v) is 1.17. The van der Waals surface area contributed by atoms with Crippen molar-refractivity contribution in [3.8, 4) is 0 Å². The van der Waals surface area contributed by atoms with Gasteiger partial charge < -0.3 is 4.98 Å². The lowest BCUT2D eigenvalue weighted by atomic mass is 10.0. The molecule has 2 nitrogen and oxygen atoms in total. The molecule has 0 radical (unpaired) electrons. The van der Waals surface area contributed by atoms with Crippen LogP contribution in [0.5, 0.6) is 0 Å². The number of aromatic amines is 1. The van der Waals surface area contributed by atoms with Crippen molar-refractivity contribution in [1.82, 2.24) is 9.97 Å². The Bertz CT molecular complexity index is 329. The van der Waals surface area contributed by atoms with Crippen LogP contribution in [0.25, 0.3) is 0 Å². The quantitative estimate of drug-likeness (QED) is 0.753. The van der Waals surface area contributed by atoms with Gasteiger partial charge in [-0.25, -0.2) is 4.98 Å². The van der Waals surface area contributed by atoms with E-state index in [-0.39, 0.29) is 0 Å². The van der Waals surface area contributed by atoms with Crippen LogP contribution in [0.3, 0.4) is 0 Å². The molecule has 0 atom stereocenters. The van der Waals surface area contributed by atoms with E-state index < -0.39 is 0 Å². The highest BCUT2D eigenvalue weighted by Crippen LogP contribution is 2.13. The van der Waals surface area contributed by atoms with Gasteiger partial charge in [0.2, 0.25) is 0 Å². The number of imidazole rings is 1. The van der Waals surface area contributed by atoms with Gasteiger partial charge in [0.1, 0.15) is 0 Å². The molecular formula is C13H18N2. The van der Waals surface area contributed by atoms with Crippen molar-refractivity contribution in [1.29, 1.82) is 0 Å². The van der Waals surface area contributed by atoms with Crippen molar-refractivity contribution in [2.45, 2.75) is 26.7 Å². The molecule has 2 heteroatoms. The molecule has 0 saturated carbocycles. The minimum atomic E-state index is 0.653. The van der Waals surface area contributed by atoms with E-state index in [1.165, 1.54) is 11.1 Å². The van der Waals surface area contributed by atoms with Gasteiger partial charge in [0, 0.05) is 12.4 Å². The number of aromatic nitrogens is 2. The molecule has 0 unspecified atom stereocenters. The van der Waals surface area contributed by atoms with Crippen molar-refractivity contribution in [3.63, 3.8) is 0 Å². The predicted octanol–water partition coefficient (Wildman–Crippen LogP) is 3.53. The Labute approximate surface area is 91.4 Å². The van der Waals surface area contributed by atoms with Crippen LogP contribution in [0.4, 0.5) is 0 Å². The second-order valence-electron chi connectivity index (χ2n) is 3.83. The summed E-state index contributed by atoms with van der Waals surface area (Å²) in [6, 6.07) is 8.71. The highest BCUT2D eigenvalue weighted by atomic mass is 14.8. The second-order valence-corrected chi connectivity index (χ2v) is 3.83. The number of nitrogens with one attached hydrogen (secondary N) is 1. The van der Waals surface area contributed by atoms with Gasteiger partial charge in [-0.1, -0.05) is 43.7 Å². The average molecular weight is 202 g/mol. The number of benzene rings is 1. The van der Waals surface area contributed by atoms with Crippen molar-refractivity contribution in [3.05, 3.63) is 54.1 Å².